The van der Waals surface area contributed by atoms with Gasteiger partial charge in [0.1, 0.15) is 12.3 Å². The summed E-state index contributed by atoms with van der Waals surface area (Å²) in [4.78, 5) is 50.9. The molecule has 4 amide bonds. The Balaban J connectivity index is 1.54. The van der Waals surface area contributed by atoms with E-state index >= 15 is 0 Å². The van der Waals surface area contributed by atoms with Crippen LogP contribution in [0.15, 0.2) is 48.5 Å². The van der Waals surface area contributed by atoms with Crippen LogP contribution in [0.4, 0.5) is 16.2 Å². The maximum Gasteiger partial charge on any atom is 0.325 e. The molecular formula is C20H18N4O6. The molecule has 1 unspecified atom stereocenters. The van der Waals surface area contributed by atoms with Gasteiger partial charge in [-0.1, -0.05) is 18.2 Å². The second-order valence-electron chi connectivity index (χ2n) is 7.05. The second-order valence-corrected chi connectivity index (χ2v) is 7.05. The van der Waals surface area contributed by atoms with Crippen LogP contribution < -0.4 is 15.0 Å². The Hall–Kier alpha value is -3.95. The Morgan fingerprint density at radius 2 is 1.93 bits per heavy atom. The van der Waals surface area contributed by atoms with Gasteiger partial charge in [0.25, 0.3) is 11.6 Å². The Morgan fingerprint density at radius 3 is 2.63 bits per heavy atom. The third kappa shape index (κ3) is 3.02. The van der Waals surface area contributed by atoms with Crippen molar-refractivity contribution in [3.05, 3.63) is 64.2 Å². The smallest absolute Gasteiger partial charge is 0.325 e. The zero-order valence-corrected chi connectivity index (χ0v) is 16.0. The van der Waals surface area contributed by atoms with E-state index in [1.807, 2.05) is 0 Å². The number of anilines is 1. The van der Waals surface area contributed by atoms with Crippen molar-refractivity contribution in [2.24, 2.45) is 0 Å². The summed E-state index contributed by atoms with van der Waals surface area (Å²) >= 11 is 0. The van der Waals surface area contributed by atoms with Crippen LogP contribution in [-0.2, 0) is 15.1 Å². The number of nitro benzene ring substituents is 1. The molecule has 10 nitrogen and oxygen atoms in total. The Kier molecular flexibility index (Phi) is 4.61. The standard InChI is InChI=1S/C20H18N4O6/c1-22(13-6-8-14(9-7-13)24(28)29)17(25)12-23-18(26)20(21-19(23)27)10-11-30-16-5-3-2-4-15(16)20/h2-9H,10-12H2,1H3,(H,21,27). The molecule has 2 aliphatic heterocycles. The first-order valence-electron chi connectivity index (χ1n) is 9.21. The number of nitro groups is 1. The molecule has 1 saturated heterocycles. The number of nitrogens with zero attached hydrogens (tertiary/aromatic N) is 3. The Labute approximate surface area is 171 Å². The normalized spacial score (nSPS) is 19.8. The van der Waals surface area contributed by atoms with E-state index in [0.29, 0.717) is 17.0 Å². The monoisotopic (exact) mass is 410 g/mol. The van der Waals surface area contributed by atoms with Gasteiger partial charge in [0.15, 0.2) is 5.54 Å². The molecule has 2 aromatic carbocycles. The average Bonchev–Trinajstić information content (AvgIpc) is 2.98. The van der Waals surface area contributed by atoms with Gasteiger partial charge in [-0.15, -0.1) is 0 Å². The number of hydrogen-bond acceptors (Lipinski definition) is 6. The zero-order valence-electron chi connectivity index (χ0n) is 16.0. The molecule has 0 bridgehead atoms. The molecule has 10 heteroatoms. The van der Waals surface area contributed by atoms with Crippen molar-refractivity contribution in [1.82, 2.24) is 10.2 Å². The van der Waals surface area contributed by atoms with Gasteiger partial charge in [-0.3, -0.25) is 24.6 Å². The predicted molar refractivity (Wildman–Crippen MR) is 105 cm³/mol. The fraction of sp³-hybridized carbons (Fsp3) is 0.250. The van der Waals surface area contributed by atoms with Gasteiger partial charge in [-0.2, -0.15) is 0 Å². The summed E-state index contributed by atoms with van der Waals surface area (Å²) in [6.45, 7) is -0.198. The summed E-state index contributed by atoms with van der Waals surface area (Å²) in [5, 5.41) is 13.5. The number of carbonyl (C=O) groups is 3. The van der Waals surface area contributed by atoms with E-state index in [1.54, 1.807) is 24.3 Å². The summed E-state index contributed by atoms with van der Waals surface area (Å²) < 4.78 is 5.59. The first-order chi connectivity index (χ1) is 14.3. The number of hydrogen-bond donors (Lipinski definition) is 1. The van der Waals surface area contributed by atoms with Gasteiger partial charge < -0.3 is 15.0 Å². The lowest BCUT2D eigenvalue weighted by Gasteiger charge is -2.33. The number of non-ortho nitro benzene ring substituents is 1. The maximum atomic E-state index is 13.2. The van der Waals surface area contributed by atoms with E-state index in [4.69, 9.17) is 4.74 Å². The number of ether oxygens (including phenoxy) is 1. The molecule has 1 fully saturated rings. The van der Waals surface area contributed by atoms with Gasteiger partial charge >= 0.3 is 6.03 Å². The number of urea groups is 1. The second kappa shape index (κ2) is 7.14. The van der Waals surface area contributed by atoms with Crippen LogP contribution in [0.2, 0.25) is 0 Å². The first kappa shape index (κ1) is 19.4. The number of amides is 4. The molecule has 2 heterocycles. The summed E-state index contributed by atoms with van der Waals surface area (Å²) in [6, 6.07) is 11.7. The number of imide groups is 1. The van der Waals surface area contributed by atoms with Crippen molar-refractivity contribution in [2.75, 3.05) is 25.1 Å². The van der Waals surface area contributed by atoms with Crippen molar-refractivity contribution in [3.63, 3.8) is 0 Å². The maximum absolute atomic E-state index is 13.2. The van der Waals surface area contributed by atoms with Crippen molar-refractivity contribution >= 4 is 29.2 Å². The zero-order chi connectivity index (χ0) is 21.5. The number of fused-ring (bicyclic) bond motifs is 2. The molecule has 2 aromatic rings. The van der Waals surface area contributed by atoms with Gasteiger partial charge in [0.2, 0.25) is 5.91 Å². The van der Waals surface area contributed by atoms with Crippen molar-refractivity contribution < 1.29 is 24.0 Å². The fourth-order valence-corrected chi connectivity index (χ4v) is 3.70. The highest BCUT2D eigenvalue weighted by molar-refractivity contribution is 6.11. The third-order valence-corrected chi connectivity index (χ3v) is 5.37. The number of nitrogens with one attached hydrogen (secondary N) is 1. The number of carbonyl (C=O) groups excluding carboxylic acids is 3. The van der Waals surface area contributed by atoms with Gasteiger partial charge in [-0.25, -0.2) is 4.79 Å². The van der Waals surface area contributed by atoms with E-state index in [2.05, 4.69) is 5.32 Å². The lowest BCUT2D eigenvalue weighted by atomic mass is 9.84. The minimum Gasteiger partial charge on any atom is -0.493 e. The molecule has 1 N–H and O–H groups in total. The highest BCUT2D eigenvalue weighted by Crippen LogP contribution is 2.40. The lowest BCUT2D eigenvalue weighted by Crippen LogP contribution is -2.48. The first-order valence-corrected chi connectivity index (χ1v) is 9.21. The molecule has 1 spiro atoms. The van der Waals surface area contributed by atoms with Crippen molar-refractivity contribution in [1.29, 1.82) is 0 Å². The highest BCUT2D eigenvalue weighted by atomic mass is 16.6. The van der Waals surface area contributed by atoms with Crippen molar-refractivity contribution in [3.8, 4) is 5.75 Å². The summed E-state index contributed by atoms with van der Waals surface area (Å²) in [7, 11) is 1.47. The average molecular weight is 410 g/mol. The number of rotatable bonds is 4. The molecule has 4 rings (SSSR count). The number of benzene rings is 2. The Morgan fingerprint density at radius 1 is 1.23 bits per heavy atom. The van der Waals surface area contributed by atoms with E-state index in [-0.39, 0.29) is 18.7 Å². The summed E-state index contributed by atoms with van der Waals surface area (Å²) in [5.74, 6) is -0.493. The minimum atomic E-state index is -1.25. The van der Waals surface area contributed by atoms with E-state index in [9.17, 15) is 24.5 Å². The molecule has 0 saturated carbocycles. The number of likely N-dealkylation sites (N-methyl/N-ethyl adjacent to an activating group) is 1. The number of para-hydroxylation sites is 1. The SMILES string of the molecule is CN(C(=O)CN1C(=O)NC2(CCOc3ccccc32)C1=O)c1ccc([N+](=O)[O-])cc1. The van der Waals surface area contributed by atoms with Crippen LogP contribution in [0.5, 0.6) is 5.75 Å². The molecule has 30 heavy (non-hydrogen) atoms. The van der Waals surface area contributed by atoms with Crippen LogP contribution in [0.25, 0.3) is 0 Å². The van der Waals surface area contributed by atoms with Crippen LogP contribution in [0.3, 0.4) is 0 Å². The molecule has 154 valence electrons. The summed E-state index contributed by atoms with van der Waals surface area (Å²) in [5.41, 5.74) is -0.385. The van der Waals surface area contributed by atoms with Gasteiger partial charge in [0, 0.05) is 36.9 Å². The van der Waals surface area contributed by atoms with Crippen LogP contribution in [-0.4, -0.2) is 47.9 Å². The van der Waals surface area contributed by atoms with Gasteiger partial charge in [-0.05, 0) is 18.2 Å². The van der Waals surface area contributed by atoms with Crippen LogP contribution >= 0.6 is 0 Å². The highest BCUT2D eigenvalue weighted by Gasteiger charge is 2.55. The Bertz CT molecular complexity index is 1050. The van der Waals surface area contributed by atoms with E-state index in [1.165, 1.54) is 36.2 Å². The van der Waals surface area contributed by atoms with Crippen LogP contribution in [0, 0.1) is 10.1 Å². The fourth-order valence-electron chi connectivity index (χ4n) is 3.70. The van der Waals surface area contributed by atoms with Crippen LogP contribution in [0.1, 0.15) is 12.0 Å². The van der Waals surface area contributed by atoms with E-state index < -0.39 is 34.9 Å². The molecule has 0 aliphatic carbocycles. The van der Waals surface area contributed by atoms with Crippen molar-refractivity contribution in [2.45, 2.75) is 12.0 Å². The predicted octanol–water partition coefficient (Wildman–Crippen LogP) is 1.79. The topological polar surface area (TPSA) is 122 Å². The quantitative estimate of drug-likeness (QED) is 0.466. The molecular weight excluding hydrogens is 392 g/mol. The van der Waals surface area contributed by atoms with Gasteiger partial charge in [0.05, 0.1) is 11.5 Å². The third-order valence-electron chi connectivity index (χ3n) is 5.37. The molecule has 2 aliphatic rings. The van der Waals surface area contributed by atoms with E-state index in [0.717, 1.165) is 4.90 Å². The molecule has 1 atom stereocenters. The minimum absolute atomic E-state index is 0.103. The lowest BCUT2D eigenvalue weighted by molar-refractivity contribution is -0.384. The molecule has 0 radical (unpaired) electrons. The largest absolute Gasteiger partial charge is 0.493 e. The molecule has 0 aromatic heterocycles. The summed E-state index contributed by atoms with van der Waals surface area (Å²) in [6.07, 6.45) is 0.261.